The maximum absolute atomic E-state index is 11.7. The Hall–Kier alpha value is -0.570. The van der Waals surface area contributed by atoms with E-state index in [0.29, 0.717) is 6.04 Å². The molecule has 1 aliphatic rings. The second kappa shape index (κ2) is 5.35. The largest absolute Gasteiger partial charge is 0.353 e. The Morgan fingerprint density at radius 3 is 2.57 bits per heavy atom. The summed E-state index contributed by atoms with van der Waals surface area (Å²) in [6.07, 6.45) is 3.04. The van der Waals surface area contributed by atoms with Gasteiger partial charge < -0.3 is 10.2 Å². The zero-order valence-electron chi connectivity index (χ0n) is 9.55. The van der Waals surface area contributed by atoms with Crippen LogP contribution in [0.2, 0.25) is 0 Å². The van der Waals surface area contributed by atoms with Crippen LogP contribution in [0.1, 0.15) is 33.1 Å². The molecular weight excluding hydrogens is 176 g/mol. The lowest BCUT2D eigenvalue weighted by Gasteiger charge is -2.28. The molecule has 0 aromatic heterocycles. The minimum Gasteiger partial charge on any atom is -0.353 e. The highest BCUT2D eigenvalue weighted by molar-refractivity contribution is 5.79. The Morgan fingerprint density at radius 1 is 1.50 bits per heavy atom. The normalized spacial score (nSPS) is 21.9. The molecule has 1 N–H and O–H groups in total. The van der Waals surface area contributed by atoms with Crippen LogP contribution in [-0.4, -0.2) is 37.0 Å². The monoisotopic (exact) mass is 198 g/mol. The molecule has 14 heavy (non-hydrogen) atoms. The molecule has 1 aliphatic heterocycles. The maximum atomic E-state index is 11.7. The minimum absolute atomic E-state index is 0.250. The lowest BCUT2D eigenvalue weighted by atomic mass is 9.96. The van der Waals surface area contributed by atoms with Gasteiger partial charge in [-0.25, -0.2) is 0 Å². The number of rotatable bonds is 3. The average molecular weight is 198 g/mol. The third-order valence-corrected chi connectivity index (χ3v) is 3.09. The van der Waals surface area contributed by atoms with Crippen LogP contribution in [0.25, 0.3) is 0 Å². The summed E-state index contributed by atoms with van der Waals surface area (Å²) in [5, 5.41) is 3.06. The van der Waals surface area contributed by atoms with E-state index in [4.69, 9.17) is 0 Å². The van der Waals surface area contributed by atoms with Crippen LogP contribution in [0, 0.1) is 5.92 Å². The smallest absolute Gasteiger partial charge is 0.223 e. The quantitative estimate of drug-likeness (QED) is 0.740. The van der Waals surface area contributed by atoms with Crippen molar-refractivity contribution in [1.82, 2.24) is 10.2 Å². The van der Waals surface area contributed by atoms with Gasteiger partial charge in [0, 0.05) is 12.0 Å². The fraction of sp³-hybridized carbons (Fsp3) is 0.909. The number of carbonyl (C=O) groups is 1. The molecule has 3 heteroatoms. The van der Waals surface area contributed by atoms with Crippen molar-refractivity contribution in [3.8, 4) is 0 Å². The summed E-state index contributed by atoms with van der Waals surface area (Å²) < 4.78 is 0. The van der Waals surface area contributed by atoms with Gasteiger partial charge in [-0.3, -0.25) is 4.79 Å². The molecule has 1 saturated heterocycles. The van der Waals surface area contributed by atoms with E-state index >= 15 is 0 Å². The van der Waals surface area contributed by atoms with Gasteiger partial charge in [-0.15, -0.1) is 0 Å². The fourth-order valence-corrected chi connectivity index (χ4v) is 1.73. The summed E-state index contributed by atoms with van der Waals surface area (Å²) in [6, 6.07) is 0.321. The zero-order chi connectivity index (χ0) is 10.6. The Kier molecular flexibility index (Phi) is 4.39. The van der Waals surface area contributed by atoms with Crippen LogP contribution in [0.4, 0.5) is 0 Å². The van der Waals surface area contributed by atoms with Gasteiger partial charge in [-0.05, 0) is 46.3 Å². The highest BCUT2D eigenvalue weighted by atomic mass is 16.1. The van der Waals surface area contributed by atoms with Crippen LogP contribution in [0.15, 0.2) is 0 Å². The number of piperidine rings is 1. The van der Waals surface area contributed by atoms with Crippen molar-refractivity contribution in [3.63, 3.8) is 0 Å². The highest BCUT2D eigenvalue weighted by Crippen LogP contribution is 2.16. The van der Waals surface area contributed by atoms with E-state index in [9.17, 15) is 4.79 Å². The number of likely N-dealkylation sites (tertiary alicyclic amines) is 1. The first-order valence-electron chi connectivity index (χ1n) is 5.62. The molecule has 1 rings (SSSR count). The van der Waals surface area contributed by atoms with E-state index in [1.165, 1.54) is 0 Å². The predicted octanol–water partition coefficient (Wildman–Crippen LogP) is 1.24. The molecule has 1 atom stereocenters. The standard InChI is InChI=1S/C11H22N2O/c1-4-9(2)12-11(14)10-5-7-13(3)8-6-10/h9-10H,4-8H2,1-3H3,(H,12,14)/t9-/m0/s1. The van der Waals surface area contributed by atoms with E-state index in [0.717, 1.165) is 32.4 Å². The molecule has 0 spiro atoms. The van der Waals surface area contributed by atoms with Crippen molar-refractivity contribution in [3.05, 3.63) is 0 Å². The number of nitrogens with zero attached hydrogens (tertiary/aromatic N) is 1. The van der Waals surface area contributed by atoms with Crippen molar-refractivity contribution >= 4 is 5.91 Å². The molecule has 0 unspecified atom stereocenters. The Balaban J connectivity index is 2.30. The topological polar surface area (TPSA) is 32.3 Å². The summed E-state index contributed by atoms with van der Waals surface area (Å²) in [4.78, 5) is 14.0. The number of nitrogens with one attached hydrogen (secondary N) is 1. The SMILES string of the molecule is CC[C@H](C)NC(=O)C1CCN(C)CC1. The molecule has 0 aromatic carbocycles. The van der Waals surface area contributed by atoms with Crippen molar-refractivity contribution in [2.45, 2.75) is 39.2 Å². The van der Waals surface area contributed by atoms with Crippen molar-refractivity contribution in [1.29, 1.82) is 0 Å². The number of hydrogen-bond acceptors (Lipinski definition) is 2. The molecule has 0 radical (unpaired) electrons. The van der Waals surface area contributed by atoms with Crippen LogP contribution in [0.3, 0.4) is 0 Å². The van der Waals surface area contributed by atoms with Crippen molar-refractivity contribution in [2.24, 2.45) is 5.92 Å². The van der Waals surface area contributed by atoms with E-state index in [-0.39, 0.29) is 11.8 Å². The molecule has 1 fully saturated rings. The summed E-state index contributed by atoms with van der Waals surface area (Å²) >= 11 is 0. The van der Waals surface area contributed by atoms with Gasteiger partial charge in [-0.2, -0.15) is 0 Å². The first-order valence-corrected chi connectivity index (χ1v) is 5.62. The fourth-order valence-electron chi connectivity index (χ4n) is 1.73. The first-order chi connectivity index (χ1) is 6.63. The van der Waals surface area contributed by atoms with Gasteiger partial charge >= 0.3 is 0 Å². The molecule has 0 bridgehead atoms. The zero-order valence-corrected chi connectivity index (χ0v) is 9.55. The second-order valence-electron chi connectivity index (χ2n) is 4.40. The predicted molar refractivity (Wildman–Crippen MR) is 58.1 cm³/mol. The van der Waals surface area contributed by atoms with Crippen LogP contribution in [0.5, 0.6) is 0 Å². The lowest BCUT2D eigenvalue weighted by molar-refractivity contribution is -0.126. The van der Waals surface area contributed by atoms with Crippen molar-refractivity contribution < 1.29 is 4.79 Å². The number of carbonyl (C=O) groups excluding carboxylic acids is 1. The summed E-state index contributed by atoms with van der Waals surface area (Å²) in [5.74, 6) is 0.507. The van der Waals surface area contributed by atoms with Crippen LogP contribution in [-0.2, 0) is 4.79 Å². The van der Waals surface area contributed by atoms with Gasteiger partial charge in [0.15, 0.2) is 0 Å². The second-order valence-corrected chi connectivity index (χ2v) is 4.40. The number of amides is 1. The van der Waals surface area contributed by atoms with E-state index in [2.05, 4.69) is 31.1 Å². The minimum atomic E-state index is 0.250. The molecule has 0 aromatic rings. The van der Waals surface area contributed by atoms with Crippen LogP contribution >= 0.6 is 0 Å². The van der Waals surface area contributed by atoms with Crippen molar-refractivity contribution in [2.75, 3.05) is 20.1 Å². The van der Waals surface area contributed by atoms with E-state index in [1.54, 1.807) is 0 Å². The molecule has 0 aliphatic carbocycles. The average Bonchev–Trinajstić information content (AvgIpc) is 2.18. The molecule has 3 nitrogen and oxygen atoms in total. The summed E-state index contributed by atoms with van der Waals surface area (Å²) in [6.45, 7) is 6.27. The van der Waals surface area contributed by atoms with Gasteiger partial charge in [-0.1, -0.05) is 6.92 Å². The van der Waals surface area contributed by atoms with Gasteiger partial charge in [0.05, 0.1) is 0 Å². The van der Waals surface area contributed by atoms with Gasteiger partial charge in [0.2, 0.25) is 5.91 Å². The van der Waals surface area contributed by atoms with E-state index in [1.807, 2.05) is 0 Å². The highest BCUT2D eigenvalue weighted by Gasteiger charge is 2.23. The molecule has 0 saturated carbocycles. The van der Waals surface area contributed by atoms with E-state index < -0.39 is 0 Å². The molecule has 1 amide bonds. The third-order valence-electron chi connectivity index (χ3n) is 3.09. The van der Waals surface area contributed by atoms with Crippen LogP contribution < -0.4 is 5.32 Å². The summed E-state index contributed by atoms with van der Waals surface area (Å²) in [7, 11) is 2.11. The lowest BCUT2D eigenvalue weighted by Crippen LogP contribution is -2.41. The third kappa shape index (κ3) is 3.29. The van der Waals surface area contributed by atoms with Gasteiger partial charge in [0.25, 0.3) is 0 Å². The Morgan fingerprint density at radius 2 is 2.07 bits per heavy atom. The Labute approximate surface area is 86.9 Å². The molecule has 82 valence electrons. The first kappa shape index (κ1) is 11.5. The Bertz CT molecular complexity index is 186. The van der Waals surface area contributed by atoms with Gasteiger partial charge in [0.1, 0.15) is 0 Å². The maximum Gasteiger partial charge on any atom is 0.223 e. The molecule has 1 heterocycles. The summed E-state index contributed by atoms with van der Waals surface area (Å²) in [5.41, 5.74) is 0. The molecular formula is C11H22N2O. The number of hydrogen-bond donors (Lipinski definition) is 1.